The lowest BCUT2D eigenvalue weighted by molar-refractivity contribution is -0.146. The second-order valence-electron chi connectivity index (χ2n) is 4.20. The van der Waals surface area contributed by atoms with Crippen LogP contribution in [0, 0.1) is 0 Å². The predicted octanol–water partition coefficient (Wildman–Crippen LogP) is -3.43. The lowest BCUT2D eigenvalue weighted by atomic mass is 10.0. The predicted molar refractivity (Wildman–Crippen MR) is 57.1 cm³/mol. The first-order valence-electron chi connectivity index (χ1n) is 5.54. The number of rotatable bonds is 6. The first-order valence-corrected chi connectivity index (χ1v) is 5.54. The highest BCUT2D eigenvalue weighted by Crippen LogP contribution is 2.14. The van der Waals surface area contributed by atoms with Crippen molar-refractivity contribution in [2.24, 2.45) is 0 Å². The van der Waals surface area contributed by atoms with Gasteiger partial charge in [-0.15, -0.1) is 0 Å². The third kappa shape index (κ3) is 3.24. The van der Waals surface area contributed by atoms with Crippen molar-refractivity contribution in [1.82, 2.24) is 4.90 Å². The smallest absolute Gasteiger partial charge is 0.229 e. The minimum atomic E-state index is -1.77. The van der Waals surface area contributed by atoms with Gasteiger partial charge in [0.15, 0.2) is 0 Å². The van der Waals surface area contributed by atoms with Gasteiger partial charge in [0, 0.05) is 12.8 Å². The molecule has 0 aliphatic carbocycles. The van der Waals surface area contributed by atoms with E-state index in [-0.39, 0.29) is 12.8 Å². The summed E-state index contributed by atoms with van der Waals surface area (Å²) in [5, 5.41) is 46.1. The topological polar surface area (TPSA) is 139 Å². The average Bonchev–Trinajstić information content (AvgIpc) is 2.67. The number of β-amino-alcohol motifs (C(OH)–C–C–N with tert-alkyl or cyclic N) is 1. The van der Waals surface area contributed by atoms with Crippen LogP contribution < -0.4 is 0 Å². The Hall–Kier alpha value is -1.06. The zero-order chi connectivity index (χ0) is 13.9. The second-order valence-corrected chi connectivity index (χ2v) is 4.20. The lowest BCUT2D eigenvalue weighted by Crippen LogP contribution is -2.50. The van der Waals surface area contributed by atoms with Crippen LogP contribution in [0.25, 0.3) is 0 Å². The Morgan fingerprint density at radius 1 is 0.944 bits per heavy atom. The van der Waals surface area contributed by atoms with Crippen molar-refractivity contribution in [3.05, 3.63) is 0 Å². The SMILES string of the molecule is O=C1CCC(=O)N1C[C@@H](O)[C@@H](O)[C@H](O)[C@@H](O)CO. The van der Waals surface area contributed by atoms with Crippen LogP contribution >= 0.6 is 0 Å². The van der Waals surface area contributed by atoms with E-state index in [9.17, 15) is 24.9 Å². The van der Waals surface area contributed by atoms with Gasteiger partial charge in [-0.05, 0) is 0 Å². The fourth-order valence-corrected chi connectivity index (χ4v) is 1.68. The number of carbonyl (C=O) groups is 2. The average molecular weight is 263 g/mol. The van der Waals surface area contributed by atoms with Gasteiger partial charge in [-0.1, -0.05) is 0 Å². The molecule has 0 unspecified atom stereocenters. The van der Waals surface area contributed by atoms with Gasteiger partial charge in [-0.2, -0.15) is 0 Å². The van der Waals surface area contributed by atoms with E-state index in [4.69, 9.17) is 10.2 Å². The zero-order valence-corrected chi connectivity index (χ0v) is 9.64. The number of aliphatic hydroxyl groups is 5. The molecule has 8 heteroatoms. The summed E-state index contributed by atoms with van der Waals surface area (Å²) in [4.78, 5) is 23.3. The van der Waals surface area contributed by atoms with Gasteiger partial charge in [0.25, 0.3) is 0 Å². The van der Waals surface area contributed by atoms with Crippen molar-refractivity contribution in [2.45, 2.75) is 37.3 Å². The number of amides is 2. The van der Waals surface area contributed by atoms with Crippen LogP contribution in [0.4, 0.5) is 0 Å². The Labute approximate surface area is 103 Å². The van der Waals surface area contributed by atoms with E-state index in [1.54, 1.807) is 0 Å². The van der Waals surface area contributed by atoms with E-state index in [0.29, 0.717) is 0 Å². The number of hydrogen-bond donors (Lipinski definition) is 5. The van der Waals surface area contributed by atoms with Crippen molar-refractivity contribution < 1.29 is 35.1 Å². The summed E-state index contributed by atoms with van der Waals surface area (Å²) >= 11 is 0. The van der Waals surface area contributed by atoms with Gasteiger partial charge in [-0.3, -0.25) is 14.5 Å². The molecule has 18 heavy (non-hydrogen) atoms. The quantitative estimate of drug-likeness (QED) is 0.314. The molecule has 1 heterocycles. The number of hydrogen-bond acceptors (Lipinski definition) is 7. The summed E-state index contributed by atoms with van der Waals surface area (Å²) in [6.07, 6.45) is -6.62. The molecule has 1 aliphatic heterocycles. The number of nitrogens with zero attached hydrogens (tertiary/aromatic N) is 1. The van der Waals surface area contributed by atoms with Crippen LogP contribution in [0.1, 0.15) is 12.8 Å². The highest BCUT2D eigenvalue weighted by molar-refractivity contribution is 6.01. The van der Waals surface area contributed by atoms with Crippen molar-refractivity contribution in [3.63, 3.8) is 0 Å². The third-order valence-corrected chi connectivity index (χ3v) is 2.85. The molecule has 0 radical (unpaired) electrons. The zero-order valence-electron chi connectivity index (χ0n) is 9.64. The Kier molecular flexibility index (Phi) is 5.17. The number of carbonyl (C=O) groups excluding carboxylic acids is 2. The highest BCUT2D eigenvalue weighted by Gasteiger charge is 2.35. The summed E-state index contributed by atoms with van der Waals surface area (Å²) < 4.78 is 0. The maximum Gasteiger partial charge on any atom is 0.229 e. The Balaban J connectivity index is 2.56. The van der Waals surface area contributed by atoms with Crippen molar-refractivity contribution in [2.75, 3.05) is 13.2 Å². The Morgan fingerprint density at radius 3 is 1.83 bits per heavy atom. The van der Waals surface area contributed by atoms with Gasteiger partial charge >= 0.3 is 0 Å². The molecule has 0 saturated carbocycles. The molecule has 1 fully saturated rings. The molecule has 0 spiro atoms. The molecule has 1 aliphatic rings. The molecule has 104 valence electrons. The molecule has 1 saturated heterocycles. The maximum absolute atomic E-state index is 11.3. The fraction of sp³-hybridized carbons (Fsp3) is 0.800. The molecule has 0 bridgehead atoms. The minimum Gasteiger partial charge on any atom is -0.394 e. The molecule has 0 aromatic heterocycles. The van der Waals surface area contributed by atoms with Gasteiger partial charge < -0.3 is 25.5 Å². The molecule has 5 N–H and O–H groups in total. The molecule has 0 aromatic rings. The molecular weight excluding hydrogens is 246 g/mol. The van der Waals surface area contributed by atoms with E-state index in [2.05, 4.69) is 0 Å². The highest BCUT2D eigenvalue weighted by atomic mass is 16.4. The minimum absolute atomic E-state index is 0.0590. The normalized spacial score (nSPS) is 23.1. The fourth-order valence-electron chi connectivity index (χ4n) is 1.68. The van der Waals surface area contributed by atoms with E-state index >= 15 is 0 Å². The summed E-state index contributed by atoms with van der Waals surface area (Å²) in [5.41, 5.74) is 0. The van der Waals surface area contributed by atoms with Crippen molar-refractivity contribution in [3.8, 4) is 0 Å². The third-order valence-electron chi connectivity index (χ3n) is 2.85. The Bertz CT molecular complexity index is 305. The largest absolute Gasteiger partial charge is 0.394 e. The van der Waals surface area contributed by atoms with Crippen LogP contribution in [0.15, 0.2) is 0 Å². The van der Waals surface area contributed by atoms with Gasteiger partial charge in [0.1, 0.15) is 24.4 Å². The van der Waals surface area contributed by atoms with Crippen LogP contribution in [0.3, 0.4) is 0 Å². The van der Waals surface area contributed by atoms with E-state index in [1.807, 2.05) is 0 Å². The van der Waals surface area contributed by atoms with Gasteiger partial charge in [0.2, 0.25) is 11.8 Å². The van der Waals surface area contributed by atoms with Crippen molar-refractivity contribution in [1.29, 1.82) is 0 Å². The standard InChI is InChI=1S/C10H17NO7/c12-4-6(14)10(18)9(17)5(13)3-11-7(15)1-2-8(11)16/h5-6,9-10,12-14,17-18H,1-4H2/t5-,6+,9-,10-/m1/s1. The van der Waals surface area contributed by atoms with Crippen LogP contribution in [-0.2, 0) is 9.59 Å². The lowest BCUT2D eigenvalue weighted by Gasteiger charge is -2.27. The van der Waals surface area contributed by atoms with Crippen LogP contribution in [-0.4, -0.2) is 79.8 Å². The number of imide groups is 1. The monoisotopic (exact) mass is 263 g/mol. The molecular formula is C10H17NO7. The number of aliphatic hydroxyl groups excluding tert-OH is 5. The second kappa shape index (κ2) is 6.21. The first-order chi connectivity index (χ1) is 8.38. The molecule has 1 rings (SSSR count). The first kappa shape index (κ1) is 15.0. The van der Waals surface area contributed by atoms with E-state index in [0.717, 1.165) is 4.90 Å². The summed E-state index contributed by atoms with van der Waals surface area (Å²) in [6.45, 7) is -1.24. The summed E-state index contributed by atoms with van der Waals surface area (Å²) in [5.74, 6) is -0.910. The van der Waals surface area contributed by atoms with Crippen LogP contribution in [0.2, 0.25) is 0 Å². The maximum atomic E-state index is 11.3. The summed E-state index contributed by atoms with van der Waals surface area (Å²) in [7, 11) is 0. The van der Waals surface area contributed by atoms with E-state index < -0.39 is 49.4 Å². The summed E-state index contributed by atoms with van der Waals surface area (Å²) in [6, 6.07) is 0. The molecule has 4 atom stereocenters. The van der Waals surface area contributed by atoms with Crippen LogP contribution in [0.5, 0.6) is 0 Å². The molecule has 8 nitrogen and oxygen atoms in total. The van der Waals surface area contributed by atoms with Gasteiger partial charge in [0.05, 0.1) is 13.2 Å². The molecule has 0 aromatic carbocycles. The van der Waals surface area contributed by atoms with E-state index in [1.165, 1.54) is 0 Å². The van der Waals surface area contributed by atoms with Gasteiger partial charge in [-0.25, -0.2) is 0 Å². The Morgan fingerprint density at radius 2 is 1.39 bits per heavy atom. The van der Waals surface area contributed by atoms with Crippen molar-refractivity contribution >= 4 is 11.8 Å². The number of likely N-dealkylation sites (tertiary alicyclic amines) is 1. The molecule has 2 amide bonds.